The summed E-state index contributed by atoms with van der Waals surface area (Å²) in [5.74, 6) is -0.292. The van der Waals surface area contributed by atoms with E-state index in [4.69, 9.17) is 4.74 Å². The minimum atomic E-state index is -0.666. The Labute approximate surface area is 109 Å². The lowest BCUT2D eigenvalue weighted by Gasteiger charge is -2.29. The molecule has 94 valence electrons. The average Bonchev–Trinajstić information content (AvgIpc) is 2.71. The molecule has 0 bridgehead atoms. The van der Waals surface area contributed by atoms with Gasteiger partial charge < -0.3 is 9.84 Å². The lowest BCUT2D eigenvalue weighted by atomic mass is 9.91. The van der Waals surface area contributed by atoms with Gasteiger partial charge in [-0.25, -0.2) is 4.39 Å². The quantitative estimate of drug-likeness (QED) is 0.930. The van der Waals surface area contributed by atoms with Crippen molar-refractivity contribution in [1.29, 1.82) is 0 Å². The Kier molecular flexibility index (Phi) is 3.85. The zero-order valence-electron chi connectivity index (χ0n) is 9.75. The van der Waals surface area contributed by atoms with Gasteiger partial charge in [-0.1, -0.05) is 22.0 Å². The topological polar surface area (TPSA) is 29.5 Å². The molecule has 2 unspecified atom stereocenters. The van der Waals surface area contributed by atoms with E-state index >= 15 is 0 Å². The van der Waals surface area contributed by atoms with Gasteiger partial charge in [0.25, 0.3) is 0 Å². The molecule has 0 spiro atoms. The molecule has 1 aromatic carbocycles. The summed E-state index contributed by atoms with van der Waals surface area (Å²) in [6.07, 6.45) is 1.40. The molecule has 1 aliphatic heterocycles. The van der Waals surface area contributed by atoms with Crippen molar-refractivity contribution in [1.82, 2.24) is 0 Å². The third kappa shape index (κ3) is 2.87. The molecule has 0 amide bonds. The first-order valence-electron chi connectivity index (χ1n) is 5.77. The van der Waals surface area contributed by atoms with Crippen LogP contribution >= 0.6 is 15.9 Å². The van der Waals surface area contributed by atoms with Gasteiger partial charge in [0, 0.05) is 17.5 Å². The second kappa shape index (κ2) is 5.04. The zero-order chi connectivity index (χ0) is 12.5. The van der Waals surface area contributed by atoms with Gasteiger partial charge in [-0.2, -0.15) is 0 Å². The second-order valence-electron chi connectivity index (χ2n) is 4.72. The summed E-state index contributed by atoms with van der Waals surface area (Å²) in [4.78, 5) is 0. The molecule has 1 aromatic rings. The summed E-state index contributed by atoms with van der Waals surface area (Å²) >= 11 is 3.21. The Morgan fingerprint density at radius 2 is 2.35 bits per heavy atom. The summed E-state index contributed by atoms with van der Waals surface area (Å²) in [5.41, 5.74) is -0.00287. The molecular weight excluding hydrogens is 287 g/mol. The summed E-state index contributed by atoms with van der Waals surface area (Å²) in [6, 6.07) is 4.89. The first-order valence-corrected chi connectivity index (χ1v) is 6.56. The fraction of sp³-hybridized carbons (Fsp3) is 0.538. The maximum atomic E-state index is 13.6. The largest absolute Gasteiger partial charge is 0.390 e. The van der Waals surface area contributed by atoms with Crippen molar-refractivity contribution in [3.63, 3.8) is 0 Å². The van der Waals surface area contributed by atoms with Gasteiger partial charge in [-0.15, -0.1) is 0 Å². The number of halogens is 2. The van der Waals surface area contributed by atoms with Crippen LogP contribution in [0.2, 0.25) is 0 Å². The van der Waals surface area contributed by atoms with Crippen LogP contribution in [-0.2, 0) is 11.2 Å². The minimum absolute atomic E-state index is 0.287. The third-order valence-corrected chi connectivity index (χ3v) is 3.88. The van der Waals surface area contributed by atoms with E-state index in [-0.39, 0.29) is 12.2 Å². The average molecular weight is 303 g/mol. The van der Waals surface area contributed by atoms with Gasteiger partial charge in [0.05, 0.1) is 11.7 Å². The van der Waals surface area contributed by atoms with E-state index in [0.717, 1.165) is 12.8 Å². The van der Waals surface area contributed by atoms with Crippen LogP contribution in [0.1, 0.15) is 25.3 Å². The van der Waals surface area contributed by atoms with E-state index in [1.807, 2.05) is 6.92 Å². The minimum Gasteiger partial charge on any atom is -0.390 e. The fourth-order valence-corrected chi connectivity index (χ4v) is 2.51. The molecule has 0 saturated carbocycles. The molecular formula is C13H16BrFO2. The van der Waals surface area contributed by atoms with Crippen LogP contribution in [0.3, 0.4) is 0 Å². The van der Waals surface area contributed by atoms with E-state index in [1.54, 1.807) is 12.1 Å². The van der Waals surface area contributed by atoms with Crippen LogP contribution in [-0.4, -0.2) is 23.4 Å². The molecule has 1 heterocycles. The molecule has 2 rings (SSSR count). The van der Waals surface area contributed by atoms with Gasteiger partial charge in [0.15, 0.2) is 0 Å². The van der Waals surface area contributed by atoms with Gasteiger partial charge in [0.2, 0.25) is 0 Å². The van der Waals surface area contributed by atoms with Gasteiger partial charge >= 0.3 is 0 Å². The smallest absolute Gasteiger partial charge is 0.127 e. The Morgan fingerprint density at radius 3 is 2.94 bits per heavy atom. The molecule has 1 fully saturated rings. The van der Waals surface area contributed by atoms with Crippen LogP contribution in [0.25, 0.3) is 0 Å². The third-order valence-electron chi connectivity index (χ3n) is 3.38. The molecule has 0 aliphatic carbocycles. The van der Waals surface area contributed by atoms with Crippen LogP contribution in [0, 0.1) is 5.82 Å². The van der Waals surface area contributed by atoms with Crippen molar-refractivity contribution in [3.8, 4) is 0 Å². The molecule has 0 aromatic heterocycles. The SMILES string of the molecule is CC1(C(O)Cc2ccc(Br)cc2F)CCCO1. The molecule has 17 heavy (non-hydrogen) atoms. The van der Waals surface area contributed by atoms with E-state index in [0.29, 0.717) is 16.6 Å². The molecule has 1 saturated heterocycles. The second-order valence-corrected chi connectivity index (χ2v) is 5.64. The lowest BCUT2D eigenvalue weighted by molar-refractivity contribution is -0.0770. The number of aliphatic hydroxyl groups excluding tert-OH is 1. The highest BCUT2D eigenvalue weighted by Crippen LogP contribution is 2.30. The number of ether oxygens (including phenoxy) is 1. The van der Waals surface area contributed by atoms with Crippen LogP contribution in [0.4, 0.5) is 4.39 Å². The number of benzene rings is 1. The highest BCUT2D eigenvalue weighted by atomic mass is 79.9. The highest BCUT2D eigenvalue weighted by molar-refractivity contribution is 9.10. The van der Waals surface area contributed by atoms with E-state index in [1.165, 1.54) is 6.07 Å². The molecule has 1 aliphatic rings. The monoisotopic (exact) mass is 302 g/mol. The van der Waals surface area contributed by atoms with E-state index in [2.05, 4.69) is 15.9 Å². The van der Waals surface area contributed by atoms with Crippen molar-refractivity contribution >= 4 is 15.9 Å². The van der Waals surface area contributed by atoms with Crippen molar-refractivity contribution < 1.29 is 14.2 Å². The number of aliphatic hydroxyl groups is 1. The standard InChI is InChI=1S/C13H16BrFO2/c1-13(5-2-6-17-13)12(16)7-9-3-4-10(14)8-11(9)15/h3-4,8,12,16H,2,5-7H2,1H3. The normalized spacial score (nSPS) is 26.1. The van der Waals surface area contributed by atoms with Crippen LogP contribution in [0.15, 0.2) is 22.7 Å². The van der Waals surface area contributed by atoms with Crippen molar-refractivity contribution in [2.75, 3.05) is 6.61 Å². The Hall–Kier alpha value is -0.450. The maximum absolute atomic E-state index is 13.6. The van der Waals surface area contributed by atoms with Crippen molar-refractivity contribution in [3.05, 3.63) is 34.1 Å². The lowest BCUT2D eigenvalue weighted by Crippen LogP contribution is -2.40. The summed E-state index contributed by atoms with van der Waals surface area (Å²) in [5, 5.41) is 10.2. The summed E-state index contributed by atoms with van der Waals surface area (Å²) in [7, 11) is 0. The Morgan fingerprint density at radius 1 is 1.59 bits per heavy atom. The van der Waals surface area contributed by atoms with Gasteiger partial charge in [0.1, 0.15) is 5.82 Å². The van der Waals surface area contributed by atoms with Crippen molar-refractivity contribution in [2.24, 2.45) is 0 Å². The molecule has 4 heteroatoms. The predicted molar refractivity (Wildman–Crippen MR) is 67.4 cm³/mol. The van der Waals surface area contributed by atoms with E-state index < -0.39 is 11.7 Å². The number of hydrogen-bond acceptors (Lipinski definition) is 2. The summed E-state index contributed by atoms with van der Waals surface area (Å²) in [6.45, 7) is 2.57. The molecule has 0 radical (unpaired) electrons. The Bertz CT molecular complexity index is 402. The fourth-order valence-electron chi connectivity index (χ4n) is 2.17. The first-order chi connectivity index (χ1) is 8.01. The molecule has 2 atom stereocenters. The van der Waals surface area contributed by atoms with Crippen molar-refractivity contribution in [2.45, 2.75) is 37.9 Å². The first kappa shape index (κ1) is 13.0. The van der Waals surface area contributed by atoms with Gasteiger partial charge in [-0.05, 0) is 37.5 Å². The molecule has 1 N–H and O–H groups in total. The van der Waals surface area contributed by atoms with Crippen LogP contribution < -0.4 is 0 Å². The predicted octanol–water partition coefficient (Wildman–Crippen LogP) is 3.06. The highest BCUT2D eigenvalue weighted by Gasteiger charge is 2.37. The Balaban J connectivity index is 2.10. The maximum Gasteiger partial charge on any atom is 0.127 e. The summed E-state index contributed by atoms with van der Waals surface area (Å²) < 4.78 is 19.9. The zero-order valence-corrected chi connectivity index (χ0v) is 11.3. The number of rotatable bonds is 3. The van der Waals surface area contributed by atoms with Crippen LogP contribution in [0.5, 0.6) is 0 Å². The van der Waals surface area contributed by atoms with E-state index in [9.17, 15) is 9.50 Å². The van der Waals surface area contributed by atoms with Gasteiger partial charge in [-0.3, -0.25) is 0 Å². The molecule has 2 nitrogen and oxygen atoms in total. The number of hydrogen-bond donors (Lipinski definition) is 1.